The first-order valence-corrected chi connectivity index (χ1v) is 8.63. The molecule has 0 aromatic carbocycles. The summed E-state index contributed by atoms with van der Waals surface area (Å²) in [5, 5.41) is 3.30. The Morgan fingerprint density at radius 2 is 1.84 bits per heavy atom. The first-order chi connectivity index (χ1) is 8.72. The van der Waals surface area contributed by atoms with Gasteiger partial charge in [-0.05, 0) is 27.7 Å². The predicted octanol–water partition coefficient (Wildman–Crippen LogP) is 0.510. The molecule has 1 heterocycles. The maximum atomic E-state index is 12.0. The Morgan fingerprint density at radius 1 is 1.26 bits per heavy atom. The van der Waals surface area contributed by atoms with Crippen LogP contribution in [-0.2, 0) is 14.6 Å². The molecule has 0 radical (unpaired) electrons. The topological polar surface area (TPSA) is 58.6 Å². The summed E-state index contributed by atoms with van der Waals surface area (Å²) in [7, 11) is -3.02. The molecule has 0 amide bonds. The number of hydrogen-bond donors (Lipinski definition) is 1. The van der Waals surface area contributed by atoms with Crippen LogP contribution in [0.25, 0.3) is 0 Å². The van der Waals surface area contributed by atoms with Crippen LogP contribution in [0.1, 0.15) is 27.7 Å². The summed E-state index contributed by atoms with van der Waals surface area (Å²) in [5.41, 5.74) is 0. The van der Waals surface area contributed by atoms with Crippen molar-refractivity contribution in [3.05, 3.63) is 0 Å². The zero-order chi connectivity index (χ0) is 14.5. The third kappa shape index (κ3) is 5.77. The van der Waals surface area contributed by atoms with Crippen molar-refractivity contribution in [3.8, 4) is 0 Å². The van der Waals surface area contributed by atoms with Crippen LogP contribution in [0.3, 0.4) is 0 Å². The minimum atomic E-state index is -3.02. The van der Waals surface area contributed by atoms with E-state index in [1.54, 1.807) is 20.8 Å². The van der Waals surface area contributed by atoms with Crippen LogP contribution in [0.4, 0.5) is 0 Å². The summed E-state index contributed by atoms with van der Waals surface area (Å²) in [6.45, 7) is 12.3. The molecule has 0 aliphatic carbocycles. The summed E-state index contributed by atoms with van der Waals surface area (Å²) >= 11 is 0. The lowest BCUT2D eigenvalue weighted by Gasteiger charge is -2.29. The lowest BCUT2D eigenvalue weighted by molar-refractivity contribution is 0.0345. The molecule has 1 aliphatic rings. The van der Waals surface area contributed by atoms with Gasteiger partial charge in [0.2, 0.25) is 0 Å². The predicted molar refractivity (Wildman–Crippen MR) is 78.3 cm³/mol. The lowest BCUT2D eigenvalue weighted by Crippen LogP contribution is -2.45. The van der Waals surface area contributed by atoms with Gasteiger partial charge >= 0.3 is 0 Å². The van der Waals surface area contributed by atoms with E-state index >= 15 is 0 Å². The van der Waals surface area contributed by atoms with E-state index < -0.39 is 14.6 Å². The monoisotopic (exact) mass is 292 g/mol. The number of hydrogen-bond acceptors (Lipinski definition) is 5. The van der Waals surface area contributed by atoms with Gasteiger partial charge in [-0.1, -0.05) is 0 Å². The largest absolute Gasteiger partial charge is 0.379 e. The van der Waals surface area contributed by atoms with Crippen LogP contribution in [0.2, 0.25) is 0 Å². The van der Waals surface area contributed by atoms with E-state index in [0.29, 0.717) is 12.6 Å². The highest BCUT2D eigenvalue weighted by molar-refractivity contribution is 7.92. The van der Waals surface area contributed by atoms with Gasteiger partial charge < -0.3 is 10.1 Å². The van der Waals surface area contributed by atoms with Gasteiger partial charge in [0.05, 0.1) is 23.7 Å². The highest BCUT2D eigenvalue weighted by atomic mass is 32.2. The first kappa shape index (κ1) is 16.9. The second kappa shape index (κ2) is 7.02. The zero-order valence-corrected chi connectivity index (χ0v) is 13.4. The van der Waals surface area contributed by atoms with Crippen LogP contribution in [0.5, 0.6) is 0 Å². The van der Waals surface area contributed by atoms with Gasteiger partial charge in [-0.2, -0.15) is 0 Å². The van der Waals surface area contributed by atoms with Crippen LogP contribution in [-0.4, -0.2) is 69.3 Å². The number of nitrogens with one attached hydrogen (secondary N) is 1. The Balaban J connectivity index is 2.25. The molecule has 1 fully saturated rings. The second-order valence-electron chi connectivity index (χ2n) is 6.20. The lowest BCUT2D eigenvalue weighted by atomic mass is 10.3. The average molecular weight is 292 g/mol. The summed E-state index contributed by atoms with van der Waals surface area (Å²) in [6, 6.07) is 0.299. The normalized spacial score (nSPS) is 20.4. The third-order valence-corrected chi connectivity index (χ3v) is 6.04. The Morgan fingerprint density at radius 3 is 2.37 bits per heavy atom. The number of sulfone groups is 1. The molecular weight excluding hydrogens is 264 g/mol. The molecule has 1 rings (SSSR count). The van der Waals surface area contributed by atoms with Gasteiger partial charge in [-0.15, -0.1) is 0 Å². The summed E-state index contributed by atoms with van der Waals surface area (Å²) in [6.07, 6.45) is 0. The molecule has 114 valence electrons. The van der Waals surface area contributed by atoms with Crippen molar-refractivity contribution in [2.45, 2.75) is 38.5 Å². The molecule has 0 aromatic heterocycles. The molecule has 1 saturated heterocycles. The summed E-state index contributed by atoms with van der Waals surface area (Å²) in [4.78, 5) is 2.35. The third-order valence-electron chi connectivity index (χ3n) is 3.43. The highest BCUT2D eigenvalue weighted by Gasteiger charge is 2.28. The van der Waals surface area contributed by atoms with Crippen LogP contribution in [0.15, 0.2) is 0 Å². The second-order valence-corrected chi connectivity index (χ2v) is 9.06. The van der Waals surface area contributed by atoms with Crippen molar-refractivity contribution in [2.24, 2.45) is 0 Å². The molecule has 0 saturated carbocycles. The van der Waals surface area contributed by atoms with E-state index in [2.05, 4.69) is 17.1 Å². The minimum absolute atomic E-state index is 0.198. The molecule has 19 heavy (non-hydrogen) atoms. The van der Waals surface area contributed by atoms with Crippen LogP contribution >= 0.6 is 0 Å². The zero-order valence-electron chi connectivity index (χ0n) is 12.6. The van der Waals surface area contributed by atoms with E-state index in [1.165, 1.54) is 0 Å². The number of nitrogens with zero attached hydrogens (tertiary/aromatic N) is 1. The fourth-order valence-corrected chi connectivity index (χ4v) is 2.98. The molecule has 0 bridgehead atoms. The number of rotatable bonds is 6. The molecule has 5 nitrogen and oxygen atoms in total. The molecule has 1 unspecified atom stereocenters. The quantitative estimate of drug-likeness (QED) is 0.773. The SMILES string of the molecule is CC(CN1CCOCC1)NCCS(=O)(=O)C(C)(C)C. The van der Waals surface area contributed by atoms with Crippen molar-refractivity contribution in [2.75, 3.05) is 45.1 Å². The van der Waals surface area contributed by atoms with E-state index in [-0.39, 0.29) is 5.75 Å². The fraction of sp³-hybridized carbons (Fsp3) is 1.00. The van der Waals surface area contributed by atoms with Crippen molar-refractivity contribution < 1.29 is 13.2 Å². The highest BCUT2D eigenvalue weighted by Crippen LogP contribution is 2.15. The number of morpholine rings is 1. The van der Waals surface area contributed by atoms with Gasteiger partial charge in [-0.3, -0.25) is 4.90 Å². The molecule has 6 heteroatoms. The average Bonchev–Trinajstić information content (AvgIpc) is 2.28. The fourth-order valence-electron chi connectivity index (χ4n) is 1.98. The Labute approximate surface area is 117 Å². The maximum Gasteiger partial charge on any atom is 0.156 e. The molecule has 1 N–H and O–H groups in total. The van der Waals surface area contributed by atoms with Gasteiger partial charge in [-0.25, -0.2) is 8.42 Å². The van der Waals surface area contributed by atoms with E-state index in [4.69, 9.17) is 4.74 Å². The standard InChI is InChI=1S/C13H28N2O3S/c1-12(11-15-6-8-18-9-7-15)14-5-10-19(16,17)13(2,3)4/h12,14H,5-11H2,1-4H3. The maximum absolute atomic E-state index is 12.0. The van der Waals surface area contributed by atoms with Gasteiger partial charge in [0.25, 0.3) is 0 Å². The van der Waals surface area contributed by atoms with Crippen molar-refractivity contribution in [1.82, 2.24) is 10.2 Å². The van der Waals surface area contributed by atoms with Crippen molar-refractivity contribution >= 4 is 9.84 Å². The Kier molecular flexibility index (Phi) is 6.23. The number of ether oxygens (including phenoxy) is 1. The summed E-state index contributed by atoms with van der Waals surface area (Å²) < 4.78 is 28.6. The summed E-state index contributed by atoms with van der Waals surface area (Å²) in [5.74, 6) is 0.198. The van der Waals surface area contributed by atoms with Crippen molar-refractivity contribution in [3.63, 3.8) is 0 Å². The Bertz CT molecular complexity index is 357. The van der Waals surface area contributed by atoms with Crippen molar-refractivity contribution in [1.29, 1.82) is 0 Å². The minimum Gasteiger partial charge on any atom is -0.379 e. The van der Waals surface area contributed by atoms with Crippen LogP contribution < -0.4 is 5.32 Å². The molecule has 0 spiro atoms. The molecule has 0 aromatic rings. The molecule has 1 aliphatic heterocycles. The first-order valence-electron chi connectivity index (χ1n) is 6.98. The molecule has 1 atom stereocenters. The molecular formula is C13H28N2O3S. The van der Waals surface area contributed by atoms with E-state index in [9.17, 15) is 8.42 Å². The Hall–Kier alpha value is -0.170. The smallest absolute Gasteiger partial charge is 0.156 e. The van der Waals surface area contributed by atoms with Gasteiger partial charge in [0.1, 0.15) is 0 Å². The van der Waals surface area contributed by atoms with E-state index in [1.807, 2.05) is 0 Å². The van der Waals surface area contributed by atoms with Gasteiger partial charge in [0.15, 0.2) is 9.84 Å². The van der Waals surface area contributed by atoms with E-state index in [0.717, 1.165) is 32.8 Å². The van der Waals surface area contributed by atoms with Gasteiger partial charge in [0, 0.05) is 32.2 Å². The van der Waals surface area contributed by atoms with Crippen LogP contribution in [0, 0.1) is 0 Å².